The smallest absolute Gasteiger partial charge is 0.149 e. The highest BCUT2D eigenvalue weighted by molar-refractivity contribution is 5.97. The lowest BCUT2D eigenvalue weighted by Crippen LogP contribution is -2.12. The fraction of sp³-hybridized carbons (Fsp3) is 0.182. The maximum Gasteiger partial charge on any atom is 0.149 e. The first-order chi connectivity index (χ1) is 23.0. The standard InChI is InChI=1S/C44H41N3O/c1-43(2,3)33-24-31(23-32(25-33)38-26-30(21-22-45-38)29-15-9-7-10-16-29)37-27-34(44(4,5)6)28-39-41(37)46-42(36-19-13-14-20-40(36)48)47(39)35-17-11-8-12-18-35/h7-28,48H,1-6H3. The van der Waals surface area contributed by atoms with Gasteiger partial charge in [0.1, 0.15) is 11.6 Å². The Hall–Kier alpha value is -5.48. The number of pyridine rings is 1. The van der Waals surface area contributed by atoms with E-state index in [0.717, 1.165) is 50.2 Å². The van der Waals surface area contributed by atoms with E-state index >= 15 is 0 Å². The van der Waals surface area contributed by atoms with Crippen molar-refractivity contribution in [3.63, 3.8) is 0 Å². The molecule has 0 aliphatic carbocycles. The Morgan fingerprint density at radius 1 is 0.542 bits per heavy atom. The first-order valence-electron chi connectivity index (χ1n) is 16.6. The number of nitrogens with zero attached hydrogens (tertiary/aromatic N) is 3. The van der Waals surface area contributed by atoms with E-state index in [1.54, 1.807) is 6.07 Å². The topological polar surface area (TPSA) is 50.9 Å². The van der Waals surface area contributed by atoms with Gasteiger partial charge in [0.15, 0.2) is 0 Å². The highest BCUT2D eigenvalue weighted by Gasteiger charge is 2.25. The molecule has 4 nitrogen and oxygen atoms in total. The van der Waals surface area contributed by atoms with Crippen LogP contribution in [0.15, 0.2) is 134 Å². The Morgan fingerprint density at radius 3 is 1.85 bits per heavy atom. The molecule has 0 atom stereocenters. The minimum Gasteiger partial charge on any atom is -0.507 e. The van der Waals surface area contributed by atoms with Gasteiger partial charge in [0.05, 0.1) is 22.3 Å². The highest BCUT2D eigenvalue weighted by atomic mass is 16.3. The molecule has 2 aromatic heterocycles. The van der Waals surface area contributed by atoms with Crippen LogP contribution in [0.1, 0.15) is 52.7 Å². The van der Waals surface area contributed by atoms with Gasteiger partial charge in [-0.3, -0.25) is 9.55 Å². The number of fused-ring (bicyclic) bond motifs is 1. The molecule has 0 unspecified atom stereocenters. The van der Waals surface area contributed by atoms with Crippen molar-refractivity contribution < 1.29 is 5.11 Å². The molecule has 5 aromatic carbocycles. The third kappa shape index (κ3) is 5.91. The molecule has 7 aromatic rings. The summed E-state index contributed by atoms with van der Waals surface area (Å²) in [6.45, 7) is 13.5. The van der Waals surface area contributed by atoms with E-state index < -0.39 is 0 Å². The van der Waals surface area contributed by atoms with Gasteiger partial charge in [-0.2, -0.15) is 0 Å². The van der Waals surface area contributed by atoms with E-state index in [0.29, 0.717) is 11.4 Å². The average molecular weight is 628 g/mol. The van der Waals surface area contributed by atoms with Crippen LogP contribution < -0.4 is 0 Å². The van der Waals surface area contributed by atoms with Gasteiger partial charge in [-0.15, -0.1) is 0 Å². The molecule has 0 amide bonds. The zero-order chi connectivity index (χ0) is 33.6. The predicted octanol–water partition coefficient (Wildman–Crippen LogP) is 11.4. The fourth-order valence-electron chi connectivity index (χ4n) is 6.27. The number of phenols is 1. The van der Waals surface area contributed by atoms with E-state index in [-0.39, 0.29) is 16.6 Å². The molecule has 0 spiro atoms. The Labute approximate surface area is 283 Å². The van der Waals surface area contributed by atoms with E-state index in [9.17, 15) is 5.11 Å². The summed E-state index contributed by atoms with van der Waals surface area (Å²) in [5.41, 5.74) is 12.2. The summed E-state index contributed by atoms with van der Waals surface area (Å²) < 4.78 is 2.18. The molecule has 2 heterocycles. The summed E-state index contributed by atoms with van der Waals surface area (Å²) >= 11 is 0. The second-order valence-corrected chi connectivity index (χ2v) is 14.6. The first kappa shape index (κ1) is 31.1. The van der Waals surface area contributed by atoms with Crippen LogP contribution in [-0.4, -0.2) is 19.6 Å². The first-order valence-corrected chi connectivity index (χ1v) is 16.6. The second-order valence-electron chi connectivity index (χ2n) is 14.6. The maximum absolute atomic E-state index is 11.1. The monoisotopic (exact) mass is 627 g/mol. The molecule has 0 saturated heterocycles. The molecule has 4 heteroatoms. The molecule has 7 rings (SSSR count). The summed E-state index contributed by atoms with van der Waals surface area (Å²) in [7, 11) is 0. The van der Waals surface area contributed by atoms with E-state index in [2.05, 4.69) is 125 Å². The number of phenolic OH excluding ortho intramolecular Hbond substituents is 1. The van der Waals surface area contributed by atoms with Gasteiger partial charge in [-0.25, -0.2) is 4.98 Å². The highest BCUT2D eigenvalue weighted by Crippen LogP contribution is 2.42. The number of benzene rings is 5. The lowest BCUT2D eigenvalue weighted by Gasteiger charge is -2.23. The maximum atomic E-state index is 11.1. The minimum atomic E-state index is -0.125. The van der Waals surface area contributed by atoms with Crippen molar-refractivity contribution in [2.75, 3.05) is 0 Å². The van der Waals surface area contributed by atoms with Crippen LogP contribution in [-0.2, 0) is 10.8 Å². The van der Waals surface area contributed by atoms with Gasteiger partial charge in [0.25, 0.3) is 0 Å². The summed E-state index contributed by atoms with van der Waals surface area (Å²) in [6.07, 6.45) is 1.90. The molecule has 0 aliphatic heterocycles. The van der Waals surface area contributed by atoms with Gasteiger partial charge in [0, 0.05) is 23.0 Å². The second kappa shape index (κ2) is 12.0. The molecule has 1 N–H and O–H groups in total. The zero-order valence-electron chi connectivity index (χ0n) is 28.5. The number of aromatic nitrogens is 3. The quantitative estimate of drug-likeness (QED) is 0.207. The Kier molecular flexibility index (Phi) is 7.75. The molecule has 0 saturated carbocycles. The average Bonchev–Trinajstić information content (AvgIpc) is 3.47. The van der Waals surface area contributed by atoms with Gasteiger partial charge < -0.3 is 5.11 Å². The lowest BCUT2D eigenvalue weighted by molar-refractivity contribution is 0.477. The number of rotatable bonds is 5. The van der Waals surface area contributed by atoms with Crippen LogP contribution in [0.4, 0.5) is 0 Å². The van der Waals surface area contributed by atoms with Crippen LogP contribution in [0.2, 0.25) is 0 Å². The number of imidazole rings is 1. The van der Waals surface area contributed by atoms with Crippen molar-refractivity contribution in [2.45, 2.75) is 52.4 Å². The van der Waals surface area contributed by atoms with Gasteiger partial charge >= 0.3 is 0 Å². The molecular weight excluding hydrogens is 587 g/mol. The number of hydrogen-bond donors (Lipinski definition) is 1. The van der Waals surface area contributed by atoms with Crippen LogP contribution >= 0.6 is 0 Å². The Bertz CT molecular complexity index is 2250. The van der Waals surface area contributed by atoms with Crippen LogP contribution in [0, 0.1) is 0 Å². The number of para-hydroxylation sites is 2. The minimum absolute atomic E-state index is 0.104. The van der Waals surface area contributed by atoms with Crippen molar-refractivity contribution in [1.82, 2.24) is 14.5 Å². The lowest BCUT2D eigenvalue weighted by atomic mass is 9.82. The number of hydrogen-bond acceptors (Lipinski definition) is 3. The Morgan fingerprint density at radius 2 is 1.17 bits per heavy atom. The van der Waals surface area contributed by atoms with Crippen LogP contribution in [0.3, 0.4) is 0 Å². The van der Waals surface area contributed by atoms with E-state index in [4.69, 9.17) is 9.97 Å². The van der Waals surface area contributed by atoms with Gasteiger partial charge in [0.2, 0.25) is 0 Å². The van der Waals surface area contributed by atoms with Crippen molar-refractivity contribution >= 4 is 11.0 Å². The third-order valence-electron chi connectivity index (χ3n) is 9.06. The summed E-state index contributed by atoms with van der Waals surface area (Å²) in [5.74, 6) is 0.898. The fourth-order valence-corrected chi connectivity index (χ4v) is 6.27. The summed E-state index contributed by atoms with van der Waals surface area (Å²) in [5, 5.41) is 11.1. The molecule has 0 fully saturated rings. The predicted molar refractivity (Wildman–Crippen MR) is 200 cm³/mol. The zero-order valence-corrected chi connectivity index (χ0v) is 28.5. The third-order valence-corrected chi connectivity index (χ3v) is 9.06. The normalized spacial score (nSPS) is 12.0. The molecule has 0 radical (unpaired) electrons. The van der Waals surface area contributed by atoms with Gasteiger partial charge in [-0.1, -0.05) is 108 Å². The van der Waals surface area contributed by atoms with Gasteiger partial charge in [-0.05, 0) is 99.3 Å². The molecular formula is C44H41N3O. The van der Waals surface area contributed by atoms with Crippen molar-refractivity contribution in [3.8, 4) is 56.3 Å². The molecule has 0 bridgehead atoms. The van der Waals surface area contributed by atoms with E-state index in [1.807, 2.05) is 48.7 Å². The van der Waals surface area contributed by atoms with Crippen molar-refractivity contribution in [3.05, 3.63) is 145 Å². The van der Waals surface area contributed by atoms with Crippen molar-refractivity contribution in [2.24, 2.45) is 0 Å². The molecule has 48 heavy (non-hydrogen) atoms. The van der Waals surface area contributed by atoms with Crippen molar-refractivity contribution in [1.29, 1.82) is 0 Å². The summed E-state index contributed by atoms with van der Waals surface area (Å²) in [6, 6.07) is 43.9. The van der Waals surface area contributed by atoms with E-state index in [1.165, 1.54) is 11.1 Å². The molecule has 0 aliphatic rings. The number of aromatic hydroxyl groups is 1. The Balaban J connectivity index is 1.54. The SMILES string of the molecule is CC(C)(C)c1cc(-c2cc(-c3ccccc3)ccn2)cc(-c2cc(C(C)(C)C)cc3c2nc(-c2ccccc2O)n3-c2ccccc2)c1. The largest absolute Gasteiger partial charge is 0.507 e. The summed E-state index contributed by atoms with van der Waals surface area (Å²) in [4.78, 5) is 10.2. The van der Waals surface area contributed by atoms with Crippen LogP contribution in [0.25, 0.3) is 61.6 Å². The van der Waals surface area contributed by atoms with Crippen LogP contribution in [0.5, 0.6) is 5.75 Å². The molecule has 238 valence electrons.